The molecule has 20 heteroatoms. The van der Waals surface area contributed by atoms with E-state index in [1.165, 1.54) is 32.1 Å². The predicted octanol–water partition coefficient (Wildman–Crippen LogP) is 5.12. The zero-order chi connectivity index (χ0) is 49.5. The Morgan fingerprint density at radius 3 is 1.97 bits per heavy atom. The fourth-order valence-corrected chi connectivity index (χ4v) is 7.54. The standard InChI is InChI=1S/C48H45N5O14S/c1-7-36(55)65-23-31(24-66-37(56)8-2)49-26(3)44(57)52-42-40(47(61)63-5)38(28-15-11-9-12-16-28)34(50-42)22-35-39(29-17-13-10-14-18-29)41(48(62)64-6)43(51-35)53-45(58)27(4)68-33-20-30(46(59)60)19-32(21-33)67-25-54/h7-22,25-27,31,49,51H,1-2,23-24H2,3-6H3,(H,53,58)(H,59,60)(H,50,52,57)/b34-22-. The van der Waals surface area contributed by atoms with Crippen molar-refractivity contribution >= 4 is 83.2 Å². The zero-order valence-corrected chi connectivity index (χ0v) is 37.8. The number of amides is 2. The van der Waals surface area contributed by atoms with Crippen LogP contribution in [0, 0.1) is 0 Å². The van der Waals surface area contributed by atoms with E-state index in [1.807, 2.05) is 0 Å². The van der Waals surface area contributed by atoms with Crippen LogP contribution in [0.25, 0.3) is 22.8 Å². The second-order valence-electron chi connectivity index (χ2n) is 14.3. The Morgan fingerprint density at radius 1 is 0.809 bits per heavy atom. The van der Waals surface area contributed by atoms with Crippen molar-refractivity contribution in [3.63, 3.8) is 0 Å². The number of esters is 4. The molecule has 1 aliphatic rings. The summed E-state index contributed by atoms with van der Waals surface area (Å²) in [6.07, 6.45) is 3.40. The van der Waals surface area contributed by atoms with Crippen LogP contribution in [0.2, 0.25) is 0 Å². The summed E-state index contributed by atoms with van der Waals surface area (Å²) < 4.78 is 25.6. The first-order valence-corrected chi connectivity index (χ1v) is 21.2. The molecule has 0 saturated heterocycles. The summed E-state index contributed by atoms with van der Waals surface area (Å²) in [4.78, 5) is 110. The minimum Gasteiger partial charge on any atom is -0.478 e. The first-order valence-electron chi connectivity index (χ1n) is 20.3. The number of aromatic nitrogens is 1. The van der Waals surface area contributed by atoms with E-state index in [0.717, 1.165) is 44.2 Å². The molecule has 0 fully saturated rings. The topological polar surface area (TPSA) is 267 Å². The molecule has 1 aliphatic heterocycles. The number of aliphatic imine (C=N–C) groups is 1. The number of H-pyrrole nitrogens is 1. The smallest absolute Gasteiger partial charge is 0.342 e. The van der Waals surface area contributed by atoms with E-state index in [0.29, 0.717) is 11.1 Å². The Kier molecular flexibility index (Phi) is 17.7. The van der Waals surface area contributed by atoms with Crippen molar-refractivity contribution in [2.45, 2.75) is 36.1 Å². The van der Waals surface area contributed by atoms with Gasteiger partial charge in [-0.2, -0.15) is 0 Å². The molecule has 2 atom stereocenters. The number of carboxylic acid groups (broad SMARTS) is 1. The van der Waals surface area contributed by atoms with Crippen molar-refractivity contribution in [3.8, 4) is 16.9 Å². The molecule has 5 N–H and O–H groups in total. The highest BCUT2D eigenvalue weighted by molar-refractivity contribution is 8.00. The molecule has 0 bridgehead atoms. The van der Waals surface area contributed by atoms with Crippen molar-refractivity contribution in [1.82, 2.24) is 15.6 Å². The van der Waals surface area contributed by atoms with Gasteiger partial charge in [0, 0.05) is 28.2 Å². The van der Waals surface area contributed by atoms with Crippen molar-refractivity contribution in [2.75, 3.05) is 32.8 Å². The quantitative estimate of drug-likeness (QED) is 0.0238. The average Bonchev–Trinajstić information content (AvgIpc) is 3.88. The molecule has 2 unspecified atom stereocenters. The van der Waals surface area contributed by atoms with Crippen molar-refractivity contribution in [1.29, 1.82) is 0 Å². The van der Waals surface area contributed by atoms with Crippen LogP contribution < -0.4 is 20.7 Å². The van der Waals surface area contributed by atoms with Gasteiger partial charge in [-0.05, 0) is 49.2 Å². The first-order chi connectivity index (χ1) is 32.6. The monoisotopic (exact) mass is 947 g/mol. The van der Waals surface area contributed by atoms with Gasteiger partial charge in [-0.1, -0.05) is 73.8 Å². The third-order valence-electron chi connectivity index (χ3n) is 9.74. The molecular weight excluding hydrogens is 903 g/mol. The number of benzene rings is 3. The lowest BCUT2D eigenvalue weighted by atomic mass is 9.96. The molecular formula is C48H45N5O14S. The van der Waals surface area contributed by atoms with E-state index >= 15 is 0 Å². The van der Waals surface area contributed by atoms with E-state index < -0.39 is 59.0 Å². The summed E-state index contributed by atoms with van der Waals surface area (Å²) in [7, 11) is 2.31. The number of amidine groups is 1. The van der Waals surface area contributed by atoms with Gasteiger partial charge in [0.2, 0.25) is 11.8 Å². The second-order valence-corrected chi connectivity index (χ2v) is 15.7. The number of allylic oxidation sites excluding steroid dienone is 1. The molecule has 1 aromatic heterocycles. The molecule has 352 valence electrons. The van der Waals surface area contributed by atoms with Crippen LogP contribution >= 0.6 is 11.8 Å². The minimum atomic E-state index is -1.29. The number of aromatic amines is 1. The predicted molar refractivity (Wildman–Crippen MR) is 249 cm³/mol. The Hall–Kier alpha value is -8.36. The SMILES string of the molecule is C=CC(=O)OCC(COC(=O)C=C)NC(C)C(=O)NC1=N/C(=C\c2[nH]c(NC(=O)C(C)Sc3cc(OC=O)cc(C(=O)O)c3)c(C(=O)OC)c2-c2ccccc2)C(c2ccccc2)=C1C(=O)OC. The Balaban J connectivity index is 1.61. The summed E-state index contributed by atoms with van der Waals surface area (Å²) in [6, 6.07) is 19.1. The summed E-state index contributed by atoms with van der Waals surface area (Å²) in [5.41, 5.74) is 1.30. The molecule has 5 rings (SSSR count). The van der Waals surface area contributed by atoms with Crippen LogP contribution in [0.15, 0.2) is 125 Å². The normalized spacial score (nSPS) is 13.4. The zero-order valence-electron chi connectivity index (χ0n) is 37.0. The van der Waals surface area contributed by atoms with Gasteiger partial charge in [-0.15, -0.1) is 11.8 Å². The number of nitrogens with zero attached hydrogens (tertiary/aromatic N) is 1. The number of thioether (sulfide) groups is 1. The van der Waals surface area contributed by atoms with Gasteiger partial charge in [0.05, 0.1) is 48.5 Å². The van der Waals surface area contributed by atoms with E-state index in [9.17, 15) is 43.5 Å². The highest BCUT2D eigenvalue weighted by Gasteiger charge is 2.35. The number of rotatable bonds is 21. The maximum Gasteiger partial charge on any atom is 0.342 e. The number of hydrogen-bond donors (Lipinski definition) is 5. The van der Waals surface area contributed by atoms with Gasteiger partial charge in [0.1, 0.15) is 41.8 Å². The Labute approximate surface area is 393 Å². The Morgan fingerprint density at radius 2 is 1.41 bits per heavy atom. The summed E-state index contributed by atoms with van der Waals surface area (Å²) in [5, 5.41) is 17.1. The Bertz CT molecular complexity index is 2700. The largest absolute Gasteiger partial charge is 0.478 e. The van der Waals surface area contributed by atoms with Crippen molar-refractivity contribution in [3.05, 3.63) is 138 Å². The number of nitrogens with one attached hydrogen (secondary N) is 4. The highest BCUT2D eigenvalue weighted by Crippen LogP contribution is 2.40. The van der Waals surface area contributed by atoms with Crippen LogP contribution in [-0.4, -0.2) is 109 Å². The van der Waals surface area contributed by atoms with Crippen LogP contribution in [0.1, 0.15) is 45.8 Å². The molecule has 0 aliphatic carbocycles. The number of ether oxygens (including phenoxy) is 5. The molecule has 68 heavy (non-hydrogen) atoms. The van der Waals surface area contributed by atoms with Gasteiger partial charge in [-0.25, -0.2) is 29.0 Å². The molecule has 4 aromatic rings. The number of hydrogen-bond acceptors (Lipinski definition) is 16. The third-order valence-corrected chi connectivity index (χ3v) is 10.8. The van der Waals surface area contributed by atoms with Crippen LogP contribution in [0.3, 0.4) is 0 Å². The number of carbonyl (C=O) groups excluding carboxylic acids is 7. The maximum atomic E-state index is 13.9. The van der Waals surface area contributed by atoms with Crippen molar-refractivity contribution < 1.29 is 67.1 Å². The lowest BCUT2D eigenvalue weighted by Gasteiger charge is -2.22. The van der Waals surface area contributed by atoms with Gasteiger partial charge in [-0.3, -0.25) is 19.7 Å². The number of carbonyl (C=O) groups is 8. The number of aromatic carboxylic acids is 1. The minimum absolute atomic E-state index is 0.0542. The number of anilines is 1. The molecule has 2 amide bonds. The van der Waals surface area contributed by atoms with E-state index in [-0.39, 0.29) is 81.2 Å². The lowest BCUT2D eigenvalue weighted by molar-refractivity contribution is -0.142. The van der Waals surface area contributed by atoms with E-state index in [4.69, 9.17) is 28.7 Å². The van der Waals surface area contributed by atoms with Crippen LogP contribution in [0.5, 0.6) is 5.75 Å². The highest BCUT2D eigenvalue weighted by atomic mass is 32.2. The number of carboxylic acids is 1. The third kappa shape index (κ3) is 12.7. The fourth-order valence-electron chi connectivity index (χ4n) is 6.59. The lowest BCUT2D eigenvalue weighted by Crippen LogP contribution is -2.51. The van der Waals surface area contributed by atoms with Gasteiger partial charge >= 0.3 is 29.8 Å². The van der Waals surface area contributed by atoms with Gasteiger partial charge in [0.25, 0.3) is 6.47 Å². The molecule has 2 heterocycles. The van der Waals surface area contributed by atoms with Crippen molar-refractivity contribution in [2.24, 2.45) is 4.99 Å². The first kappa shape index (κ1) is 50.6. The summed E-state index contributed by atoms with van der Waals surface area (Å²) in [5.74, 6) is -6.25. The van der Waals surface area contributed by atoms with E-state index in [2.05, 4.69) is 34.1 Å². The molecule has 19 nitrogen and oxygen atoms in total. The molecule has 0 saturated carbocycles. The second kappa shape index (κ2) is 23.7. The average molecular weight is 948 g/mol. The van der Waals surface area contributed by atoms with Crippen LogP contribution in [0.4, 0.5) is 5.82 Å². The molecule has 0 spiro atoms. The van der Waals surface area contributed by atoms with Gasteiger partial charge in [0.15, 0.2) is 0 Å². The fraction of sp³-hybridized carbons (Fsp3) is 0.188. The molecule has 3 aromatic carbocycles. The number of methoxy groups -OCH3 is 2. The molecule has 0 radical (unpaired) electrons. The summed E-state index contributed by atoms with van der Waals surface area (Å²) in [6.45, 7) is 9.23. The summed E-state index contributed by atoms with van der Waals surface area (Å²) >= 11 is 0.951. The maximum absolute atomic E-state index is 13.9. The van der Waals surface area contributed by atoms with Gasteiger partial charge < -0.3 is 44.4 Å². The van der Waals surface area contributed by atoms with E-state index in [1.54, 1.807) is 60.7 Å². The van der Waals surface area contributed by atoms with Crippen LogP contribution in [-0.2, 0) is 47.7 Å².